The first-order valence-electron chi connectivity index (χ1n) is 8.84. The first kappa shape index (κ1) is 17.8. The molecule has 0 fully saturated rings. The Balaban J connectivity index is 1.99. The van der Waals surface area contributed by atoms with Crippen molar-refractivity contribution in [2.24, 2.45) is 7.05 Å². The fraction of sp³-hybridized carbons (Fsp3) is 0.227. The Morgan fingerprint density at radius 2 is 1.27 bits per heavy atom. The van der Waals surface area contributed by atoms with Crippen molar-refractivity contribution in [1.29, 1.82) is 0 Å². The molecule has 26 heavy (non-hydrogen) atoms. The number of hydrogen-bond acceptors (Lipinski definition) is 3. The number of hydrogen-bond donors (Lipinski definition) is 0. The van der Waals surface area contributed by atoms with E-state index in [0.717, 1.165) is 33.5 Å². The van der Waals surface area contributed by atoms with Gasteiger partial charge in [0.05, 0.1) is 11.9 Å². The van der Waals surface area contributed by atoms with E-state index in [-0.39, 0.29) is 11.6 Å². The van der Waals surface area contributed by atoms with Crippen LogP contribution in [0.2, 0.25) is 0 Å². The van der Waals surface area contributed by atoms with Crippen molar-refractivity contribution in [3.63, 3.8) is 0 Å². The zero-order valence-corrected chi connectivity index (χ0v) is 15.3. The lowest BCUT2D eigenvalue weighted by Gasteiger charge is -2.08. The molecule has 0 aliphatic carbocycles. The number of aryl methyl sites for hydroxylation is 1. The third-order valence-electron chi connectivity index (χ3n) is 4.58. The second-order valence-corrected chi connectivity index (χ2v) is 6.24. The lowest BCUT2D eigenvalue weighted by Crippen LogP contribution is -1.98. The third-order valence-corrected chi connectivity index (χ3v) is 4.58. The standard InChI is InChI=1S/C22H22N2O2/c1-4-20(25)16-8-6-15(7-9-16)19-14-23-24(3)22(19)18-12-10-17(11-13-18)21(26)5-2/h6-14H,4-5H2,1-3H3. The van der Waals surface area contributed by atoms with E-state index in [1.165, 1.54) is 0 Å². The highest BCUT2D eigenvalue weighted by atomic mass is 16.1. The molecule has 0 saturated carbocycles. The van der Waals surface area contributed by atoms with Crippen molar-refractivity contribution in [2.75, 3.05) is 0 Å². The van der Waals surface area contributed by atoms with Crippen LogP contribution >= 0.6 is 0 Å². The van der Waals surface area contributed by atoms with Gasteiger partial charge in [-0.1, -0.05) is 62.4 Å². The fourth-order valence-electron chi connectivity index (χ4n) is 3.05. The molecule has 3 rings (SSSR count). The molecule has 2 aromatic carbocycles. The van der Waals surface area contributed by atoms with Crippen molar-refractivity contribution in [3.05, 3.63) is 65.9 Å². The maximum Gasteiger partial charge on any atom is 0.162 e. The van der Waals surface area contributed by atoms with Gasteiger partial charge in [0.1, 0.15) is 0 Å². The molecule has 1 heterocycles. The molecule has 0 unspecified atom stereocenters. The summed E-state index contributed by atoms with van der Waals surface area (Å²) in [5.41, 5.74) is 5.44. The summed E-state index contributed by atoms with van der Waals surface area (Å²) in [4.78, 5) is 23.7. The van der Waals surface area contributed by atoms with Gasteiger partial charge in [0.25, 0.3) is 0 Å². The highest BCUT2D eigenvalue weighted by Crippen LogP contribution is 2.32. The van der Waals surface area contributed by atoms with Crippen LogP contribution in [0.5, 0.6) is 0 Å². The minimum atomic E-state index is 0.137. The molecule has 0 bridgehead atoms. The molecule has 0 N–H and O–H groups in total. The van der Waals surface area contributed by atoms with Crippen LogP contribution in [-0.2, 0) is 7.05 Å². The van der Waals surface area contributed by atoms with Crippen LogP contribution in [0.1, 0.15) is 47.4 Å². The molecule has 0 aliphatic heterocycles. The summed E-state index contributed by atoms with van der Waals surface area (Å²) in [6.07, 6.45) is 2.83. The molecular formula is C22H22N2O2. The second-order valence-electron chi connectivity index (χ2n) is 6.24. The van der Waals surface area contributed by atoms with E-state index in [2.05, 4.69) is 5.10 Å². The van der Waals surface area contributed by atoms with E-state index < -0.39 is 0 Å². The van der Waals surface area contributed by atoms with E-state index in [4.69, 9.17) is 0 Å². The molecule has 0 aliphatic rings. The number of ketones is 2. The Labute approximate surface area is 153 Å². The van der Waals surface area contributed by atoms with Gasteiger partial charge >= 0.3 is 0 Å². The molecule has 4 nitrogen and oxygen atoms in total. The SMILES string of the molecule is CCC(=O)c1ccc(-c2cnn(C)c2-c2ccc(C(=O)CC)cc2)cc1. The summed E-state index contributed by atoms with van der Waals surface area (Å²) in [5.74, 6) is 0.275. The Morgan fingerprint density at radius 3 is 1.73 bits per heavy atom. The number of nitrogens with zero attached hydrogens (tertiary/aromatic N) is 2. The second kappa shape index (κ2) is 7.48. The summed E-state index contributed by atoms with van der Waals surface area (Å²) in [6.45, 7) is 3.73. The minimum Gasteiger partial charge on any atom is -0.294 e. The van der Waals surface area contributed by atoms with E-state index in [0.29, 0.717) is 12.8 Å². The van der Waals surface area contributed by atoms with Gasteiger partial charge in [-0.05, 0) is 5.56 Å². The lowest BCUT2D eigenvalue weighted by molar-refractivity contribution is 0.0980. The van der Waals surface area contributed by atoms with Gasteiger partial charge in [-0.15, -0.1) is 0 Å². The van der Waals surface area contributed by atoms with Crippen molar-refractivity contribution in [3.8, 4) is 22.4 Å². The Kier molecular flexibility index (Phi) is 5.12. The molecule has 132 valence electrons. The first-order valence-corrected chi connectivity index (χ1v) is 8.84. The predicted molar refractivity (Wildman–Crippen MR) is 103 cm³/mol. The Bertz CT molecular complexity index is 935. The van der Waals surface area contributed by atoms with Gasteiger partial charge in [0.2, 0.25) is 0 Å². The normalized spacial score (nSPS) is 10.7. The van der Waals surface area contributed by atoms with Gasteiger partial charge < -0.3 is 0 Å². The summed E-state index contributed by atoms with van der Waals surface area (Å²) in [6, 6.07) is 15.3. The minimum absolute atomic E-state index is 0.137. The number of rotatable bonds is 6. The third kappa shape index (κ3) is 3.36. The molecular weight excluding hydrogens is 324 g/mol. The van der Waals surface area contributed by atoms with Crippen molar-refractivity contribution < 1.29 is 9.59 Å². The number of benzene rings is 2. The van der Waals surface area contributed by atoms with Gasteiger partial charge in [0.15, 0.2) is 11.6 Å². The number of carbonyl (C=O) groups is 2. The van der Waals surface area contributed by atoms with E-state index in [9.17, 15) is 9.59 Å². The quantitative estimate of drug-likeness (QED) is 0.594. The van der Waals surface area contributed by atoms with Crippen LogP contribution in [0.15, 0.2) is 54.7 Å². The van der Waals surface area contributed by atoms with E-state index in [1.54, 1.807) is 0 Å². The lowest BCUT2D eigenvalue weighted by atomic mass is 9.98. The monoisotopic (exact) mass is 346 g/mol. The van der Waals surface area contributed by atoms with Crippen molar-refractivity contribution >= 4 is 11.6 Å². The molecule has 0 spiro atoms. The molecule has 0 atom stereocenters. The van der Waals surface area contributed by atoms with Crippen LogP contribution in [0.3, 0.4) is 0 Å². The molecule has 0 saturated heterocycles. The summed E-state index contributed by atoms with van der Waals surface area (Å²) >= 11 is 0. The molecule has 0 radical (unpaired) electrons. The van der Waals surface area contributed by atoms with Crippen LogP contribution in [-0.4, -0.2) is 21.3 Å². The largest absolute Gasteiger partial charge is 0.294 e. The van der Waals surface area contributed by atoms with Crippen LogP contribution in [0.4, 0.5) is 0 Å². The average Bonchev–Trinajstić information content (AvgIpc) is 3.08. The molecule has 0 amide bonds. The van der Waals surface area contributed by atoms with Crippen molar-refractivity contribution in [2.45, 2.75) is 26.7 Å². The van der Waals surface area contributed by atoms with E-state index in [1.807, 2.05) is 80.3 Å². The highest BCUT2D eigenvalue weighted by molar-refractivity contribution is 5.97. The predicted octanol–water partition coefficient (Wildman–Crippen LogP) is 4.94. The first-order chi connectivity index (χ1) is 12.5. The molecule has 1 aromatic heterocycles. The van der Waals surface area contributed by atoms with Gasteiger partial charge in [0, 0.05) is 42.1 Å². The fourth-order valence-corrected chi connectivity index (χ4v) is 3.05. The number of carbonyl (C=O) groups excluding carboxylic acids is 2. The topological polar surface area (TPSA) is 52.0 Å². The van der Waals surface area contributed by atoms with Gasteiger partial charge in [-0.2, -0.15) is 5.10 Å². The van der Waals surface area contributed by atoms with Crippen LogP contribution in [0.25, 0.3) is 22.4 Å². The summed E-state index contributed by atoms with van der Waals surface area (Å²) < 4.78 is 1.83. The summed E-state index contributed by atoms with van der Waals surface area (Å²) in [7, 11) is 1.90. The Hall–Kier alpha value is -3.01. The van der Waals surface area contributed by atoms with Gasteiger partial charge in [-0.25, -0.2) is 0 Å². The van der Waals surface area contributed by atoms with E-state index >= 15 is 0 Å². The average molecular weight is 346 g/mol. The summed E-state index contributed by atoms with van der Waals surface area (Å²) in [5, 5.41) is 4.40. The number of aromatic nitrogens is 2. The van der Waals surface area contributed by atoms with Crippen LogP contribution < -0.4 is 0 Å². The number of Topliss-reactive ketones (excluding diaryl/α,β-unsaturated/α-hetero) is 2. The van der Waals surface area contributed by atoms with Crippen molar-refractivity contribution in [1.82, 2.24) is 9.78 Å². The smallest absolute Gasteiger partial charge is 0.162 e. The zero-order valence-electron chi connectivity index (χ0n) is 15.3. The zero-order chi connectivity index (χ0) is 18.7. The maximum absolute atomic E-state index is 11.8. The van der Waals surface area contributed by atoms with Gasteiger partial charge in [-0.3, -0.25) is 14.3 Å². The molecule has 4 heteroatoms. The Morgan fingerprint density at radius 1 is 0.808 bits per heavy atom. The maximum atomic E-state index is 11.8. The van der Waals surface area contributed by atoms with Crippen LogP contribution in [0, 0.1) is 0 Å². The molecule has 3 aromatic rings. The highest BCUT2D eigenvalue weighted by Gasteiger charge is 2.14.